The van der Waals surface area contributed by atoms with Gasteiger partial charge in [0.2, 0.25) is 40.0 Å². The van der Waals surface area contributed by atoms with Crippen LogP contribution in [0.5, 0.6) is 5.88 Å². The van der Waals surface area contributed by atoms with E-state index in [4.69, 9.17) is 19.1 Å². The number of aryl methyl sites for hydroxylation is 1. The van der Waals surface area contributed by atoms with E-state index in [2.05, 4.69) is 20.8 Å². The smallest absolute Gasteiger partial charge is 0.316 e. The number of fused-ring (bicyclic) bond motifs is 9. The van der Waals surface area contributed by atoms with Crippen molar-refractivity contribution in [2.24, 2.45) is 11.3 Å². The number of allylic oxidation sites excluding steroid dienone is 1. The van der Waals surface area contributed by atoms with Gasteiger partial charge in [0, 0.05) is 18.4 Å². The summed E-state index contributed by atoms with van der Waals surface area (Å²) < 4.78 is 68.2. The van der Waals surface area contributed by atoms with Gasteiger partial charge in [-0.2, -0.15) is 0 Å². The van der Waals surface area contributed by atoms with Crippen molar-refractivity contribution >= 4 is 50.9 Å². The Bertz CT molecular complexity index is 2380. The lowest BCUT2D eigenvalue weighted by molar-refractivity contribution is -0.141. The van der Waals surface area contributed by atoms with Crippen LogP contribution < -0.4 is 20.1 Å². The molecule has 5 atom stereocenters. The first-order chi connectivity index (χ1) is 27.1. The predicted molar refractivity (Wildman–Crippen MR) is 203 cm³/mol. The maximum absolute atomic E-state index is 14.7. The Hall–Kier alpha value is -5.52. The van der Waals surface area contributed by atoms with Crippen molar-refractivity contribution in [1.82, 2.24) is 35.1 Å². The number of nitrogens with zero attached hydrogens (tertiary/aromatic N) is 5. The summed E-state index contributed by atoms with van der Waals surface area (Å²) >= 11 is 0. The topological polar surface area (TPSA) is 199 Å². The average molecular weight is 805 g/mol. The molecule has 0 radical (unpaired) electrons. The van der Waals surface area contributed by atoms with Crippen molar-refractivity contribution < 1.29 is 40.7 Å². The van der Waals surface area contributed by atoms with E-state index in [0.29, 0.717) is 53.9 Å². The van der Waals surface area contributed by atoms with Crippen LogP contribution in [-0.2, 0) is 30.8 Å². The molecule has 15 nitrogen and oxygen atoms in total. The SMILES string of the molecule is CC(C)(C)[C@@H]1Nc2nnc(o2)CC/C=C/c2cccc(c2)-c2nc3ccccc3nc2OC2C[C@@H](C(=O)N[C@]3(C(=O)NS(=O)(=O)C4CC4)C[C@H]3C(F)F)N(C2)C1=O. The second kappa shape index (κ2) is 14.5. The Morgan fingerprint density at radius 1 is 1.05 bits per heavy atom. The third-order valence-corrected chi connectivity index (χ3v) is 12.6. The molecule has 3 amide bonds. The molecule has 57 heavy (non-hydrogen) atoms. The van der Waals surface area contributed by atoms with Gasteiger partial charge in [-0.25, -0.2) is 27.2 Å². The van der Waals surface area contributed by atoms with Crippen LogP contribution in [0.1, 0.15) is 64.3 Å². The van der Waals surface area contributed by atoms with Crippen LogP contribution in [0.25, 0.3) is 28.4 Å². The molecule has 2 aliphatic heterocycles. The summed E-state index contributed by atoms with van der Waals surface area (Å²) in [6.45, 7) is 5.27. The fraction of sp³-hybridized carbons (Fsp3) is 0.462. The van der Waals surface area contributed by atoms with Gasteiger partial charge in [0.25, 0.3) is 5.91 Å². The van der Waals surface area contributed by atoms with Crippen LogP contribution in [0.15, 0.2) is 59.0 Å². The normalized spacial score (nSPS) is 25.6. The molecule has 6 bridgehead atoms. The number of rotatable bonds is 6. The van der Waals surface area contributed by atoms with Gasteiger partial charge >= 0.3 is 6.01 Å². The molecule has 4 aliphatic rings. The molecule has 4 heterocycles. The molecule has 0 spiro atoms. The van der Waals surface area contributed by atoms with Gasteiger partial charge < -0.3 is 24.7 Å². The van der Waals surface area contributed by atoms with E-state index in [1.165, 1.54) is 4.90 Å². The summed E-state index contributed by atoms with van der Waals surface area (Å²) in [6.07, 6.45) is 1.07. The van der Waals surface area contributed by atoms with Gasteiger partial charge in [0.1, 0.15) is 29.4 Å². The maximum Gasteiger partial charge on any atom is 0.316 e. The summed E-state index contributed by atoms with van der Waals surface area (Å²) in [5.41, 5.74) is 0.151. The van der Waals surface area contributed by atoms with Crippen LogP contribution >= 0.6 is 0 Å². The Kier molecular flexibility index (Phi) is 9.72. The van der Waals surface area contributed by atoms with Gasteiger partial charge in [0.15, 0.2) is 0 Å². The van der Waals surface area contributed by atoms with E-state index in [0.717, 1.165) is 5.56 Å². The van der Waals surface area contributed by atoms with Gasteiger partial charge in [-0.15, -0.1) is 5.10 Å². The lowest BCUT2D eigenvalue weighted by Crippen LogP contribution is -2.59. The predicted octanol–water partition coefficient (Wildman–Crippen LogP) is 4.26. The van der Waals surface area contributed by atoms with Gasteiger partial charge in [-0.3, -0.25) is 19.1 Å². The van der Waals surface area contributed by atoms with Crippen LogP contribution in [0.4, 0.5) is 14.8 Å². The molecule has 3 fully saturated rings. The van der Waals surface area contributed by atoms with Crippen LogP contribution in [0, 0.1) is 11.3 Å². The second-order valence-corrected chi connectivity index (χ2v) is 18.1. The molecular weight excluding hydrogens is 763 g/mol. The molecule has 1 saturated heterocycles. The number of ether oxygens (including phenoxy) is 1. The highest BCUT2D eigenvalue weighted by molar-refractivity contribution is 7.91. The number of hydrogen-bond acceptors (Lipinski definition) is 12. The molecule has 1 unspecified atom stereocenters. The number of carbonyl (C=O) groups is 3. The molecule has 2 aliphatic carbocycles. The molecule has 2 aromatic heterocycles. The zero-order valence-electron chi connectivity index (χ0n) is 31.4. The molecule has 4 aromatic rings. The maximum atomic E-state index is 14.7. The fourth-order valence-corrected chi connectivity index (χ4v) is 8.76. The van der Waals surface area contributed by atoms with Gasteiger partial charge in [-0.05, 0) is 54.9 Å². The molecule has 300 valence electrons. The number of carbonyl (C=O) groups excluding carboxylic acids is 3. The van der Waals surface area contributed by atoms with Gasteiger partial charge in [-0.1, -0.05) is 68.4 Å². The second-order valence-electron chi connectivity index (χ2n) is 16.1. The van der Waals surface area contributed by atoms with Crippen molar-refractivity contribution in [2.75, 3.05) is 11.9 Å². The zero-order valence-corrected chi connectivity index (χ0v) is 32.3. The molecule has 18 heteroatoms. The van der Waals surface area contributed by atoms with Gasteiger partial charge in [0.05, 0.1) is 28.7 Å². The molecular formula is C39H42F2N8O7S. The van der Waals surface area contributed by atoms with Crippen LogP contribution in [-0.4, -0.2) is 93.2 Å². The Morgan fingerprint density at radius 3 is 2.51 bits per heavy atom. The number of halogens is 2. The summed E-state index contributed by atoms with van der Waals surface area (Å²) in [5.74, 6) is -3.88. The molecule has 2 saturated carbocycles. The van der Waals surface area contributed by atoms with E-state index in [9.17, 15) is 31.6 Å². The van der Waals surface area contributed by atoms with Crippen molar-refractivity contribution in [3.05, 3.63) is 66.1 Å². The molecule has 2 aromatic carbocycles. The number of benzene rings is 2. The van der Waals surface area contributed by atoms with Crippen molar-refractivity contribution in [3.63, 3.8) is 0 Å². The molecule has 3 N–H and O–H groups in total. The minimum absolute atomic E-state index is 0.0118. The van der Waals surface area contributed by atoms with Crippen molar-refractivity contribution in [3.8, 4) is 17.1 Å². The Morgan fingerprint density at radius 2 is 1.81 bits per heavy atom. The summed E-state index contributed by atoms with van der Waals surface area (Å²) in [7, 11) is -4.13. The van der Waals surface area contributed by atoms with Crippen molar-refractivity contribution in [1.29, 1.82) is 0 Å². The average Bonchev–Trinajstić information content (AvgIpc) is 4.06. The number of aromatic nitrogens is 4. The lowest BCUT2D eigenvalue weighted by Gasteiger charge is -2.35. The van der Waals surface area contributed by atoms with E-state index < -0.39 is 80.9 Å². The monoisotopic (exact) mass is 804 g/mol. The largest absolute Gasteiger partial charge is 0.471 e. The van der Waals surface area contributed by atoms with E-state index in [1.807, 2.05) is 59.3 Å². The Labute approximate surface area is 327 Å². The highest BCUT2D eigenvalue weighted by Gasteiger charge is 2.67. The highest BCUT2D eigenvalue weighted by Crippen LogP contribution is 2.48. The number of sulfonamides is 1. The standard InChI is InChI=1S/C39H42F2N8O7S/c1-38(2,3)31-35(51)49-20-23(18-28(49)33(50)45-39(19-25(39)32(40)41)36(52)48-57(53,54)24-15-16-24)55-34-30(42-26-12-5-6-13-27(26)43-34)22-11-8-10-21(17-22)9-4-7-14-29-46-47-37(44-31)56-29/h4-6,8-13,17,23-25,28,31-32H,7,14-16,18-20H2,1-3H3,(H,44,47)(H,45,50)(H,48,52)/b9-4+/t23?,25-,28-,31+,39+/m0/s1. The van der Waals surface area contributed by atoms with Crippen molar-refractivity contribution in [2.45, 2.75) is 94.7 Å². The quantitative estimate of drug-likeness (QED) is 0.251. The number of nitrogens with one attached hydrogen (secondary N) is 3. The van der Waals surface area contributed by atoms with E-state index in [-0.39, 0.29) is 24.9 Å². The minimum Gasteiger partial charge on any atom is -0.471 e. The fourth-order valence-electron chi connectivity index (χ4n) is 7.39. The van der Waals surface area contributed by atoms with Crippen LogP contribution in [0.3, 0.4) is 0 Å². The third-order valence-electron chi connectivity index (χ3n) is 10.8. The minimum atomic E-state index is -4.13. The number of hydrogen-bond donors (Lipinski definition) is 3. The summed E-state index contributed by atoms with van der Waals surface area (Å²) in [6, 6.07) is 12.5. The first kappa shape index (κ1) is 38.4. The van der Waals surface area contributed by atoms with Crippen LogP contribution in [0.2, 0.25) is 0 Å². The number of anilines is 1. The first-order valence-electron chi connectivity index (χ1n) is 18.9. The highest BCUT2D eigenvalue weighted by atomic mass is 32.2. The summed E-state index contributed by atoms with van der Waals surface area (Å²) in [4.78, 5) is 53.6. The Balaban J connectivity index is 1.18. The number of alkyl halides is 2. The third kappa shape index (κ3) is 7.78. The van der Waals surface area contributed by atoms with E-state index >= 15 is 0 Å². The number of amides is 3. The van der Waals surface area contributed by atoms with E-state index in [1.54, 1.807) is 26.8 Å². The first-order valence-corrected chi connectivity index (χ1v) is 20.4. The lowest BCUT2D eigenvalue weighted by atomic mass is 9.85. The summed E-state index contributed by atoms with van der Waals surface area (Å²) in [5, 5.41) is 13.0. The zero-order chi connectivity index (χ0) is 40.3. The molecule has 8 rings (SSSR count). The number of para-hydroxylation sites is 2.